The van der Waals surface area contributed by atoms with Gasteiger partial charge in [-0.3, -0.25) is 4.90 Å². The van der Waals surface area contributed by atoms with Crippen LogP contribution in [0.15, 0.2) is 24.8 Å². The lowest BCUT2D eigenvalue weighted by atomic mass is 10.1. The van der Waals surface area contributed by atoms with Crippen molar-refractivity contribution in [2.24, 2.45) is 7.05 Å². The van der Waals surface area contributed by atoms with Crippen LogP contribution in [-0.4, -0.2) is 43.6 Å². The highest BCUT2D eigenvalue weighted by Crippen LogP contribution is 2.23. The minimum Gasteiger partial charge on any atom is -0.337 e. The largest absolute Gasteiger partial charge is 0.337 e. The Labute approximate surface area is 150 Å². The van der Waals surface area contributed by atoms with Crippen molar-refractivity contribution in [2.45, 2.75) is 32.5 Å². The number of aromatic nitrogens is 4. The molecule has 1 atom stereocenters. The number of halogens is 2. The third-order valence-electron chi connectivity index (χ3n) is 4.16. The van der Waals surface area contributed by atoms with E-state index in [9.17, 15) is 0 Å². The molecule has 0 aromatic carbocycles. The highest BCUT2D eigenvalue weighted by Gasteiger charge is 2.27. The van der Waals surface area contributed by atoms with Gasteiger partial charge in [0.25, 0.3) is 0 Å². The van der Waals surface area contributed by atoms with Crippen LogP contribution in [0.1, 0.15) is 37.6 Å². The Bertz CT molecular complexity index is 594. The molecule has 2 aromatic rings. The fourth-order valence-corrected chi connectivity index (χ4v) is 3.01. The van der Waals surface area contributed by atoms with E-state index in [4.69, 9.17) is 0 Å². The summed E-state index contributed by atoms with van der Waals surface area (Å²) in [7, 11) is 2.06. The Balaban J connectivity index is 0.00000132. The molecule has 0 radical (unpaired) electrons. The number of hydrogen-bond acceptors (Lipinski definition) is 4. The second-order valence-electron chi connectivity index (χ2n) is 5.93. The molecule has 2 aromatic heterocycles. The van der Waals surface area contributed by atoms with Crippen LogP contribution in [-0.2, 0) is 13.6 Å². The lowest BCUT2D eigenvalue weighted by Crippen LogP contribution is -2.46. The van der Waals surface area contributed by atoms with Crippen LogP contribution >= 0.6 is 24.8 Å². The number of piperazine rings is 1. The zero-order chi connectivity index (χ0) is 14.8. The first-order valence-corrected chi connectivity index (χ1v) is 7.60. The van der Waals surface area contributed by atoms with Gasteiger partial charge in [-0.2, -0.15) is 0 Å². The van der Waals surface area contributed by atoms with E-state index in [1.807, 2.05) is 18.6 Å². The second kappa shape index (κ2) is 8.68. The van der Waals surface area contributed by atoms with Crippen molar-refractivity contribution in [3.05, 3.63) is 36.4 Å². The minimum absolute atomic E-state index is 0. The molecule has 1 unspecified atom stereocenters. The van der Waals surface area contributed by atoms with Gasteiger partial charge < -0.3 is 14.5 Å². The Morgan fingerprint density at radius 1 is 1.22 bits per heavy atom. The molecule has 1 fully saturated rings. The van der Waals surface area contributed by atoms with Crippen molar-refractivity contribution in [3.63, 3.8) is 0 Å². The molecule has 0 amide bonds. The molecule has 6 nitrogen and oxygen atoms in total. The fraction of sp³-hybridized carbons (Fsp3) is 0.600. The molecular weight excluding hydrogens is 335 g/mol. The Kier molecular flexibility index (Phi) is 7.54. The van der Waals surface area contributed by atoms with E-state index in [0.717, 1.165) is 37.8 Å². The molecule has 0 saturated carbocycles. The molecular formula is C15H26Cl2N6. The Morgan fingerprint density at radius 2 is 1.96 bits per heavy atom. The number of imidazole rings is 2. The van der Waals surface area contributed by atoms with Crippen molar-refractivity contribution in [2.75, 3.05) is 19.6 Å². The number of nitrogens with zero attached hydrogens (tertiary/aromatic N) is 5. The molecule has 130 valence electrons. The molecule has 1 aliphatic heterocycles. The van der Waals surface area contributed by atoms with Crippen molar-refractivity contribution in [1.82, 2.24) is 29.3 Å². The molecule has 8 heteroatoms. The van der Waals surface area contributed by atoms with E-state index in [1.54, 1.807) is 0 Å². The molecule has 1 aliphatic rings. The predicted molar refractivity (Wildman–Crippen MR) is 96.3 cm³/mol. The quantitative estimate of drug-likeness (QED) is 0.907. The van der Waals surface area contributed by atoms with Gasteiger partial charge >= 0.3 is 0 Å². The fourth-order valence-electron chi connectivity index (χ4n) is 3.01. The topological polar surface area (TPSA) is 50.9 Å². The van der Waals surface area contributed by atoms with Gasteiger partial charge in [-0.15, -0.1) is 24.8 Å². The zero-order valence-corrected chi connectivity index (χ0v) is 15.5. The van der Waals surface area contributed by atoms with Gasteiger partial charge in [0.1, 0.15) is 11.6 Å². The molecule has 0 aliphatic carbocycles. The second-order valence-corrected chi connectivity index (χ2v) is 5.93. The average Bonchev–Trinajstić information content (AvgIpc) is 3.08. The van der Waals surface area contributed by atoms with E-state index in [-0.39, 0.29) is 24.8 Å². The lowest BCUT2D eigenvalue weighted by Gasteiger charge is -2.35. The summed E-state index contributed by atoms with van der Waals surface area (Å²) in [5, 5.41) is 3.48. The predicted octanol–water partition coefficient (Wildman–Crippen LogP) is 2.19. The number of hydrogen-bond donors (Lipinski definition) is 1. The molecule has 1 saturated heterocycles. The van der Waals surface area contributed by atoms with Gasteiger partial charge in [0.15, 0.2) is 0 Å². The van der Waals surface area contributed by atoms with Crippen LogP contribution in [0.3, 0.4) is 0 Å². The van der Waals surface area contributed by atoms with Crippen LogP contribution in [0, 0.1) is 0 Å². The maximum Gasteiger partial charge on any atom is 0.127 e. The maximum atomic E-state index is 4.54. The molecule has 3 rings (SSSR count). The van der Waals surface area contributed by atoms with E-state index in [2.05, 4.69) is 56.4 Å². The van der Waals surface area contributed by atoms with Crippen LogP contribution in [0.25, 0.3) is 0 Å². The summed E-state index contributed by atoms with van der Waals surface area (Å²) >= 11 is 0. The monoisotopic (exact) mass is 360 g/mol. The van der Waals surface area contributed by atoms with Crippen molar-refractivity contribution >= 4 is 24.8 Å². The van der Waals surface area contributed by atoms with Gasteiger partial charge in [0, 0.05) is 57.5 Å². The van der Waals surface area contributed by atoms with E-state index in [1.165, 1.54) is 0 Å². The van der Waals surface area contributed by atoms with E-state index >= 15 is 0 Å². The van der Waals surface area contributed by atoms with Gasteiger partial charge in [-0.25, -0.2) is 9.97 Å². The summed E-state index contributed by atoms with van der Waals surface area (Å²) in [4.78, 5) is 11.5. The summed E-state index contributed by atoms with van der Waals surface area (Å²) < 4.78 is 4.36. The average molecular weight is 361 g/mol. The van der Waals surface area contributed by atoms with Crippen LogP contribution < -0.4 is 5.32 Å². The molecule has 0 spiro atoms. The summed E-state index contributed by atoms with van der Waals surface area (Å²) in [6.45, 7) is 8.22. The van der Waals surface area contributed by atoms with Crippen molar-refractivity contribution < 1.29 is 0 Å². The zero-order valence-electron chi connectivity index (χ0n) is 13.8. The first-order valence-electron chi connectivity index (χ1n) is 7.60. The Hall–Kier alpha value is -1.08. The summed E-state index contributed by atoms with van der Waals surface area (Å²) in [6, 6.07) is 0.744. The smallest absolute Gasteiger partial charge is 0.127 e. The number of aryl methyl sites for hydroxylation is 1. The summed E-state index contributed by atoms with van der Waals surface area (Å²) in [5.74, 6) is 2.25. The van der Waals surface area contributed by atoms with E-state index < -0.39 is 0 Å². The SMILES string of the molecule is CC(C)n1ccnc1CN1CCNCC1c1nccn1C.Cl.Cl. The van der Waals surface area contributed by atoms with Crippen LogP contribution in [0.4, 0.5) is 0 Å². The van der Waals surface area contributed by atoms with Crippen LogP contribution in [0.5, 0.6) is 0 Å². The number of rotatable bonds is 4. The third kappa shape index (κ3) is 4.26. The maximum absolute atomic E-state index is 4.54. The lowest BCUT2D eigenvalue weighted by molar-refractivity contribution is 0.139. The summed E-state index contributed by atoms with van der Waals surface area (Å²) in [6.07, 6.45) is 7.85. The molecule has 23 heavy (non-hydrogen) atoms. The minimum atomic E-state index is 0. The van der Waals surface area contributed by atoms with Crippen molar-refractivity contribution in [1.29, 1.82) is 0 Å². The Morgan fingerprint density at radius 3 is 2.61 bits per heavy atom. The normalized spacial score (nSPS) is 18.5. The van der Waals surface area contributed by atoms with Gasteiger partial charge in [-0.05, 0) is 13.8 Å². The van der Waals surface area contributed by atoms with E-state index in [0.29, 0.717) is 12.1 Å². The van der Waals surface area contributed by atoms with Gasteiger partial charge in [0.05, 0.1) is 12.6 Å². The highest BCUT2D eigenvalue weighted by molar-refractivity contribution is 5.85. The first kappa shape index (κ1) is 20.0. The van der Waals surface area contributed by atoms with Crippen LogP contribution in [0.2, 0.25) is 0 Å². The van der Waals surface area contributed by atoms with Gasteiger partial charge in [-0.1, -0.05) is 0 Å². The standard InChI is InChI=1S/C15H24N6.2ClH/c1-12(2)21-9-6-17-14(21)11-20-8-4-16-10-13(20)15-18-5-7-19(15)3;;/h5-7,9,12-13,16H,4,8,10-11H2,1-3H3;2*1H. The highest BCUT2D eigenvalue weighted by atomic mass is 35.5. The molecule has 0 bridgehead atoms. The summed E-state index contributed by atoms with van der Waals surface area (Å²) in [5.41, 5.74) is 0. The first-order chi connectivity index (χ1) is 10.2. The number of nitrogens with one attached hydrogen (secondary N) is 1. The third-order valence-corrected chi connectivity index (χ3v) is 4.16. The molecule has 1 N–H and O–H groups in total. The van der Waals surface area contributed by atoms with Gasteiger partial charge in [0.2, 0.25) is 0 Å². The molecule has 3 heterocycles. The van der Waals surface area contributed by atoms with Crippen molar-refractivity contribution in [3.8, 4) is 0 Å².